The summed E-state index contributed by atoms with van der Waals surface area (Å²) in [6, 6.07) is 11.4. The zero-order valence-corrected chi connectivity index (χ0v) is 15.9. The number of carbonyl (C=O) groups excluding carboxylic acids is 2. The average molecular weight is 414 g/mol. The monoisotopic (exact) mass is 413 g/mol. The molecule has 0 unspecified atom stereocenters. The molecular weight excluding hydrogens is 394 g/mol. The molecule has 2 amide bonds. The summed E-state index contributed by atoms with van der Waals surface area (Å²) in [5.41, 5.74) is 1.56. The lowest BCUT2D eigenvalue weighted by atomic mass is 10.0. The van der Waals surface area contributed by atoms with Crippen molar-refractivity contribution in [1.29, 1.82) is 0 Å². The molecule has 26 heavy (non-hydrogen) atoms. The van der Waals surface area contributed by atoms with Crippen molar-refractivity contribution in [2.45, 2.75) is 18.9 Å². The van der Waals surface area contributed by atoms with E-state index in [0.717, 1.165) is 22.9 Å². The number of pyridine rings is 1. The first kappa shape index (κ1) is 18.3. The van der Waals surface area contributed by atoms with Crippen LogP contribution in [0.1, 0.15) is 28.8 Å². The highest BCUT2D eigenvalue weighted by Gasteiger charge is 2.24. The van der Waals surface area contributed by atoms with Crippen molar-refractivity contribution in [3.05, 3.63) is 70.5 Å². The first-order valence-corrected chi connectivity index (χ1v) is 9.35. The third-order valence-electron chi connectivity index (χ3n) is 4.36. The van der Waals surface area contributed by atoms with Gasteiger partial charge in [-0.05, 0) is 42.7 Å². The van der Waals surface area contributed by atoms with E-state index < -0.39 is 0 Å². The molecule has 6 heteroatoms. The number of amides is 2. The van der Waals surface area contributed by atoms with Crippen LogP contribution in [0, 0.1) is 0 Å². The zero-order chi connectivity index (χ0) is 18.4. The highest BCUT2D eigenvalue weighted by atomic mass is 79.9. The van der Waals surface area contributed by atoms with E-state index in [9.17, 15) is 9.59 Å². The van der Waals surface area contributed by atoms with Crippen molar-refractivity contribution in [2.75, 3.05) is 13.1 Å². The predicted octanol–water partition coefficient (Wildman–Crippen LogP) is 3.28. The number of halogens is 1. The number of nitrogens with zero attached hydrogens (tertiary/aromatic N) is 2. The minimum absolute atomic E-state index is 0.00306. The molecule has 1 aliphatic heterocycles. The normalized spacial score (nSPS) is 15.2. The summed E-state index contributed by atoms with van der Waals surface area (Å²) in [6.45, 7) is 1.26. The average Bonchev–Trinajstić information content (AvgIpc) is 2.68. The lowest BCUT2D eigenvalue weighted by molar-refractivity contribution is -0.117. The Morgan fingerprint density at radius 3 is 2.62 bits per heavy atom. The molecule has 1 N–H and O–H groups in total. The third-order valence-corrected chi connectivity index (χ3v) is 5.08. The molecule has 0 spiro atoms. The summed E-state index contributed by atoms with van der Waals surface area (Å²) in [5, 5.41) is 3.02. The molecule has 1 aliphatic rings. The Morgan fingerprint density at radius 2 is 1.92 bits per heavy atom. The Labute approximate surface area is 161 Å². The van der Waals surface area contributed by atoms with E-state index in [-0.39, 0.29) is 17.9 Å². The lowest BCUT2D eigenvalue weighted by Gasteiger charge is -2.32. The Morgan fingerprint density at radius 1 is 1.15 bits per heavy atom. The predicted molar refractivity (Wildman–Crippen MR) is 104 cm³/mol. The van der Waals surface area contributed by atoms with Crippen LogP contribution in [0.2, 0.25) is 0 Å². The summed E-state index contributed by atoms with van der Waals surface area (Å²) >= 11 is 3.46. The van der Waals surface area contributed by atoms with Crippen molar-refractivity contribution in [1.82, 2.24) is 15.2 Å². The van der Waals surface area contributed by atoms with Crippen LogP contribution in [-0.2, 0) is 4.79 Å². The minimum Gasteiger partial charge on any atom is -0.350 e. The number of aromatic nitrogens is 1. The van der Waals surface area contributed by atoms with Crippen molar-refractivity contribution in [2.24, 2.45) is 0 Å². The van der Waals surface area contributed by atoms with E-state index in [4.69, 9.17) is 0 Å². The standard InChI is InChI=1S/C20H20BrN3O2/c21-18-6-2-1-4-15(18)7-8-19(25)23-17-9-12-24(13-10-17)20(26)16-5-3-11-22-14-16/h1-8,11,14,17H,9-10,12-13H2,(H,23,25)/b8-7+. The molecule has 134 valence electrons. The number of benzene rings is 1. The molecule has 1 aromatic carbocycles. The molecule has 0 saturated carbocycles. The molecule has 3 rings (SSSR count). The van der Waals surface area contributed by atoms with Crippen LogP contribution < -0.4 is 5.32 Å². The second-order valence-corrected chi connectivity index (χ2v) is 7.03. The molecule has 2 heterocycles. The smallest absolute Gasteiger partial charge is 0.255 e. The first-order valence-electron chi connectivity index (χ1n) is 8.56. The molecule has 0 atom stereocenters. The van der Waals surface area contributed by atoms with Gasteiger partial charge in [-0.2, -0.15) is 0 Å². The second-order valence-electron chi connectivity index (χ2n) is 6.17. The van der Waals surface area contributed by atoms with E-state index in [2.05, 4.69) is 26.2 Å². The molecule has 1 saturated heterocycles. The molecule has 1 fully saturated rings. The first-order chi connectivity index (χ1) is 12.6. The van der Waals surface area contributed by atoms with E-state index in [1.165, 1.54) is 0 Å². The van der Waals surface area contributed by atoms with Gasteiger partial charge in [-0.25, -0.2) is 0 Å². The molecule has 1 aromatic heterocycles. The summed E-state index contributed by atoms with van der Waals surface area (Å²) in [6.07, 6.45) is 8.08. The fourth-order valence-corrected chi connectivity index (χ4v) is 3.34. The summed E-state index contributed by atoms with van der Waals surface area (Å²) in [5.74, 6) is -0.116. The number of carbonyl (C=O) groups is 2. The fraction of sp³-hybridized carbons (Fsp3) is 0.250. The Kier molecular flexibility index (Phi) is 6.17. The highest BCUT2D eigenvalue weighted by Crippen LogP contribution is 2.17. The number of hydrogen-bond donors (Lipinski definition) is 1. The molecule has 5 nitrogen and oxygen atoms in total. The van der Waals surface area contributed by atoms with Crippen molar-refractivity contribution < 1.29 is 9.59 Å². The van der Waals surface area contributed by atoms with Crippen LogP contribution in [0.3, 0.4) is 0 Å². The minimum atomic E-state index is -0.113. The molecular formula is C20H20BrN3O2. The number of nitrogens with one attached hydrogen (secondary N) is 1. The van der Waals surface area contributed by atoms with Gasteiger partial charge in [-0.15, -0.1) is 0 Å². The summed E-state index contributed by atoms with van der Waals surface area (Å²) in [7, 11) is 0. The lowest BCUT2D eigenvalue weighted by Crippen LogP contribution is -2.46. The molecule has 0 aliphatic carbocycles. The van der Waals surface area contributed by atoms with Gasteiger partial charge < -0.3 is 10.2 Å². The maximum atomic E-state index is 12.4. The SMILES string of the molecule is O=C(/C=C/c1ccccc1Br)NC1CCN(C(=O)c2cccnc2)CC1. The van der Waals surface area contributed by atoms with Gasteiger partial charge in [0.05, 0.1) is 5.56 Å². The summed E-state index contributed by atoms with van der Waals surface area (Å²) < 4.78 is 0.950. The quantitative estimate of drug-likeness (QED) is 0.782. The Balaban J connectivity index is 1.49. The van der Waals surface area contributed by atoms with Gasteiger partial charge in [0, 0.05) is 42.1 Å². The zero-order valence-electron chi connectivity index (χ0n) is 14.3. The van der Waals surface area contributed by atoms with Gasteiger partial charge >= 0.3 is 0 Å². The van der Waals surface area contributed by atoms with Gasteiger partial charge in [-0.3, -0.25) is 14.6 Å². The number of likely N-dealkylation sites (tertiary alicyclic amines) is 1. The van der Waals surface area contributed by atoms with Crippen molar-refractivity contribution >= 4 is 33.8 Å². The van der Waals surface area contributed by atoms with Gasteiger partial charge in [0.25, 0.3) is 5.91 Å². The van der Waals surface area contributed by atoms with Crippen LogP contribution >= 0.6 is 15.9 Å². The van der Waals surface area contributed by atoms with Crippen molar-refractivity contribution in [3.63, 3.8) is 0 Å². The molecule has 0 radical (unpaired) electrons. The fourth-order valence-electron chi connectivity index (χ4n) is 2.92. The molecule has 0 bridgehead atoms. The van der Waals surface area contributed by atoms with Crippen LogP contribution in [0.4, 0.5) is 0 Å². The van der Waals surface area contributed by atoms with Crippen LogP contribution in [-0.4, -0.2) is 40.8 Å². The topological polar surface area (TPSA) is 62.3 Å². The number of piperidine rings is 1. The van der Waals surface area contributed by atoms with Crippen LogP contribution in [0.5, 0.6) is 0 Å². The second kappa shape index (κ2) is 8.76. The van der Waals surface area contributed by atoms with E-state index in [0.29, 0.717) is 18.7 Å². The largest absolute Gasteiger partial charge is 0.350 e. The van der Waals surface area contributed by atoms with E-state index in [1.54, 1.807) is 36.7 Å². The number of rotatable bonds is 4. The van der Waals surface area contributed by atoms with Gasteiger partial charge in [-0.1, -0.05) is 34.1 Å². The van der Waals surface area contributed by atoms with E-state index >= 15 is 0 Å². The highest BCUT2D eigenvalue weighted by molar-refractivity contribution is 9.10. The van der Waals surface area contributed by atoms with E-state index in [1.807, 2.05) is 29.2 Å². The van der Waals surface area contributed by atoms with Gasteiger partial charge in [0.15, 0.2) is 0 Å². The van der Waals surface area contributed by atoms with Crippen LogP contribution in [0.15, 0.2) is 59.3 Å². The summed E-state index contributed by atoms with van der Waals surface area (Å²) in [4.78, 5) is 30.3. The van der Waals surface area contributed by atoms with Gasteiger partial charge in [0.2, 0.25) is 5.91 Å². The van der Waals surface area contributed by atoms with Gasteiger partial charge in [0.1, 0.15) is 0 Å². The Hall–Kier alpha value is -2.47. The maximum absolute atomic E-state index is 12.4. The molecule has 2 aromatic rings. The van der Waals surface area contributed by atoms with Crippen molar-refractivity contribution in [3.8, 4) is 0 Å². The number of hydrogen-bond acceptors (Lipinski definition) is 3. The third kappa shape index (κ3) is 4.79. The maximum Gasteiger partial charge on any atom is 0.255 e. The Bertz CT molecular complexity index is 800. The van der Waals surface area contributed by atoms with Crippen LogP contribution in [0.25, 0.3) is 6.08 Å².